The maximum atomic E-state index is 11.9. The third kappa shape index (κ3) is 6.81. The molecular formula is C14H22ClN3O5S2. The lowest BCUT2D eigenvalue weighted by Gasteiger charge is -2.17. The average molecular weight is 412 g/mol. The average Bonchev–Trinajstić information content (AvgIpc) is 2.44. The number of sulfonamides is 1. The predicted molar refractivity (Wildman–Crippen MR) is 98.3 cm³/mol. The first kappa shape index (κ1) is 21.7. The van der Waals surface area contributed by atoms with Crippen LogP contribution in [-0.4, -0.2) is 59.3 Å². The van der Waals surface area contributed by atoms with Gasteiger partial charge in [-0.15, -0.1) is 0 Å². The molecule has 0 saturated carbocycles. The molecule has 1 aromatic carbocycles. The second-order valence-corrected chi connectivity index (χ2v) is 9.72. The number of carbonyl (C=O) groups excluding carboxylic acids is 1. The summed E-state index contributed by atoms with van der Waals surface area (Å²) in [4.78, 5) is 11.8. The van der Waals surface area contributed by atoms with E-state index >= 15 is 0 Å². The van der Waals surface area contributed by atoms with Crippen LogP contribution in [0.1, 0.15) is 13.3 Å². The highest BCUT2D eigenvalue weighted by atomic mass is 35.5. The summed E-state index contributed by atoms with van der Waals surface area (Å²) in [7, 11) is -6.88. The highest BCUT2D eigenvalue weighted by Gasteiger charge is 2.19. The number of halogens is 1. The van der Waals surface area contributed by atoms with E-state index in [1.807, 2.05) is 0 Å². The van der Waals surface area contributed by atoms with Gasteiger partial charge < -0.3 is 10.6 Å². The largest absolute Gasteiger partial charge is 0.338 e. The fraction of sp³-hybridized carbons (Fsp3) is 0.500. The molecule has 0 atom stereocenters. The van der Waals surface area contributed by atoms with Crippen molar-refractivity contribution in [3.63, 3.8) is 0 Å². The van der Waals surface area contributed by atoms with E-state index in [0.29, 0.717) is 13.0 Å². The molecule has 11 heteroatoms. The number of hydrogen-bond acceptors (Lipinski definition) is 5. The van der Waals surface area contributed by atoms with E-state index in [-0.39, 0.29) is 28.7 Å². The molecule has 0 aliphatic heterocycles. The van der Waals surface area contributed by atoms with E-state index in [2.05, 4.69) is 10.6 Å². The summed E-state index contributed by atoms with van der Waals surface area (Å²) in [5.41, 5.74) is 0.0822. The standard InChI is InChI=1S/C14H22ClN3O5S2/c1-4-18(25(3,22)23)10-6-9-16-14(19)17-12-8-5-7-11(15)13(12)24(2,20)21/h5,7-8H,4,6,9-10H2,1-3H3,(H2,16,17,19). The lowest BCUT2D eigenvalue weighted by molar-refractivity contribution is 0.251. The van der Waals surface area contributed by atoms with Gasteiger partial charge in [0, 0.05) is 25.9 Å². The molecule has 8 nitrogen and oxygen atoms in total. The molecule has 1 rings (SSSR count). The molecule has 0 spiro atoms. The van der Waals surface area contributed by atoms with Crippen LogP contribution >= 0.6 is 11.6 Å². The van der Waals surface area contributed by atoms with Gasteiger partial charge in [-0.2, -0.15) is 0 Å². The number of rotatable bonds is 8. The van der Waals surface area contributed by atoms with E-state index < -0.39 is 25.9 Å². The van der Waals surface area contributed by atoms with Crippen molar-refractivity contribution in [2.45, 2.75) is 18.2 Å². The summed E-state index contributed by atoms with van der Waals surface area (Å²) in [5, 5.41) is 5.02. The van der Waals surface area contributed by atoms with Crippen LogP contribution < -0.4 is 10.6 Å². The molecule has 0 heterocycles. The number of amides is 2. The van der Waals surface area contributed by atoms with Crippen molar-refractivity contribution in [2.24, 2.45) is 0 Å². The number of anilines is 1. The number of carbonyl (C=O) groups is 1. The Hall–Kier alpha value is -1.36. The van der Waals surface area contributed by atoms with Crippen molar-refractivity contribution in [2.75, 3.05) is 37.5 Å². The maximum absolute atomic E-state index is 11.9. The maximum Gasteiger partial charge on any atom is 0.319 e. The minimum absolute atomic E-state index is 0.0204. The number of nitrogens with zero attached hydrogens (tertiary/aromatic N) is 1. The Bertz CT molecular complexity index is 825. The minimum atomic E-state index is -3.61. The quantitative estimate of drug-likeness (QED) is 0.630. The van der Waals surface area contributed by atoms with Crippen molar-refractivity contribution >= 4 is 43.2 Å². The lowest BCUT2D eigenvalue weighted by atomic mass is 10.3. The lowest BCUT2D eigenvalue weighted by Crippen LogP contribution is -2.35. The second kappa shape index (κ2) is 8.84. The molecular weight excluding hydrogens is 390 g/mol. The number of sulfone groups is 1. The van der Waals surface area contributed by atoms with Crippen LogP contribution in [0.2, 0.25) is 5.02 Å². The van der Waals surface area contributed by atoms with Crippen LogP contribution in [-0.2, 0) is 19.9 Å². The molecule has 0 unspecified atom stereocenters. The van der Waals surface area contributed by atoms with Gasteiger partial charge in [-0.1, -0.05) is 24.6 Å². The Morgan fingerprint density at radius 1 is 1.20 bits per heavy atom. The molecule has 0 aliphatic rings. The van der Waals surface area contributed by atoms with Gasteiger partial charge in [0.25, 0.3) is 0 Å². The molecule has 0 aliphatic carbocycles. The van der Waals surface area contributed by atoms with Crippen LogP contribution in [0.5, 0.6) is 0 Å². The van der Waals surface area contributed by atoms with Crippen LogP contribution in [0, 0.1) is 0 Å². The third-order valence-corrected chi connectivity index (χ3v) is 6.26. The highest BCUT2D eigenvalue weighted by molar-refractivity contribution is 7.91. The summed E-state index contributed by atoms with van der Waals surface area (Å²) >= 11 is 5.90. The molecule has 1 aromatic rings. The highest BCUT2D eigenvalue weighted by Crippen LogP contribution is 2.29. The van der Waals surface area contributed by atoms with E-state index in [1.165, 1.54) is 22.5 Å². The summed E-state index contributed by atoms with van der Waals surface area (Å²) in [6.45, 7) is 2.59. The molecule has 0 bridgehead atoms. The molecule has 142 valence electrons. The van der Waals surface area contributed by atoms with Gasteiger partial charge in [0.15, 0.2) is 9.84 Å². The van der Waals surface area contributed by atoms with Crippen LogP contribution in [0.15, 0.2) is 23.1 Å². The van der Waals surface area contributed by atoms with E-state index in [9.17, 15) is 21.6 Å². The van der Waals surface area contributed by atoms with Crippen molar-refractivity contribution in [3.8, 4) is 0 Å². The van der Waals surface area contributed by atoms with Crippen molar-refractivity contribution in [1.82, 2.24) is 9.62 Å². The molecule has 2 N–H and O–H groups in total. The summed E-state index contributed by atoms with van der Waals surface area (Å²) in [6, 6.07) is 3.78. The topological polar surface area (TPSA) is 113 Å². The third-order valence-electron chi connectivity index (χ3n) is 3.28. The number of hydrogen-bond donors (Lipinski definition) is 2. The van der Waals surface area contributed by atoms with E-state index in [0.717, 1.165) is 12.5 Å². The monoisotopic (exact) mass is 411 g/mol. The van der Waals surface area contributed by atoms with Crippen molar-refractivity contribution in [3.05, 3.63) is 23.2 Å². The molecule has 0 fully saturated rings. The van der Waals surface area contributed by atoms with Gasteiger partial charge >= 0.3 is 6.03 Å². The number of nitrogens with one attached hydrogen (secondary N) is 2. The zero-order valence-electron chi connectivity index (χ0n) is 14.2. The van der Waals surface area contributed by atoms with Gasteiger partial charge in [-0.05, 0) is 18.6 Å². The fourth-order valence-corrected chi connectivity index (χ4v) is 4.63. The van der Waals surface area contributed by atoms with Gasteiger partial charge in [-0.25, -0.2) is 25.9 Å². The first-order valence-electron chi connectivity index (χ1n) is 7.45. The van der Waals surface area contributed by atoms with Crippen LogP contribution in [0.3, 0.4) is 0 Å². The number of benzene rings is 1. The van der Waals surface area contributed by atoms with Gasteiger partial charge in [0.05, 0.1) is 17.0 Å². The second-order valence-electron chi connectivity index (χ2n) is 5.38. The zero-order valence-corrected chi connectivity index (χ0v) is 16.6. The Morgan fingerprint density at radius 2 is 1.84 bits per heavy atom. The zero-order chi connectivity index (χ0) is 19.3. The summed E-state index contributed by atoms with van der Waals surface area (Å²) < 4.78 is 47.8. The summed E-state index contributed by atoms with van der Waals surface area (Å²) in [5.74, 6) is 0. The van der Waals surface area contributed by atoms with E-state index in [1.54, 1.807) is 6.92 Å². The molecule has 0 aromatic heterocycles. The molecule has 0 radical (unpaired) electrons. The van der Waals surface area contributed by atoms with Gasteiger partial charge in [-0.3, -0.25) is 0 Å². The Labute approximate surface area is 153 Å². The summed E-state index contributed by atoms with van der Waals surface area (Å²) in [6.07, 6.45) is 2.55. The van der Waals surface area contributed by atoms with Crippen molar-refractivity contribution in [1.29, 1.82) is 0 Å². The molecule has 25 heavy (non-hydrogen) atoms. The van der Waals surface area contributed by atoms with Gasteiger partial charge in [0.1, 0.15) is 4.90 Å². The smallest absolute Gasteiger partial charge is 0.319 e. The number of urea groups is 1. The van der Waals surface area contributed by atoms with Crippen LogP contribution in [0.4, 0.5) is 10.5 Å². The van der Waals surface area contributed by atoms with Crippen LogP contribution in [0.25, 0.3) is 0 Å². The SMILES string of the molecule is CCN(CCCNC(=O)Nc1cccc(Cl)c1S(C)(=O)=O)S(C)(=O)=O. The van der Waals surface area contributed by atoms with Gasteiger partial charge in [0.2, 0.25) is 10.0 Å². The first-order valence-corrected chi connectivity index (χ1v) is 11.6. The van der Waals surface area contributed by atoms with Crippen molar-refractivity contribution < 1.29 is 21.6 Å². The predicted octanol–water partition coefficient (Wildman–Crippen LogP) is 1.54. The normalized spacial score (nSPS) is 12.2. The Morgan fingerprint density at radius 3 is 2.36 bits per heavy atom. The minimum Gasteiger partial charge on any atom is -0.338 e. The first-order chi connectivity index (χ1) is 11.5. The fourth-order valence-electron chi connectivity index (χ4n) is 2.17. The Kier molecular flexibility index (Phi) is 7.66. The molecule has 0 saturated heterocycles. The van der Waals surface area contributed by atoms with E-state index in [4.69, 9.17) is 11.6 Å². The Balaban J connectivity index is 2.64. The molecule has 2 amide bonds.